The summed E-state index contributed by atoms with van der Waals surface area (Å²) in [5, 5.41) is 39.8. The van der Waals surface area contributed by atoms with Crippen molar-refractivity contribution in [1.29, 1.82) is 0 Å². The van der Waals surface area contributed by atoms with Crippen LogP contribution in [0.1, 0.15) is 78.2 Å². The Hall–Kier alpha value is -6.99. The monoisotopic (exact) mass is 1090 g/mol. The average Bonchev–Trinajstić information content (AvgIpc) is 4.15. The fourth-order valence-electron chi connectivity index (χ4n) is 8.67. The number of aliphatic hydroxyl groups is 1. The first-order valence-electron chi connectivity index (χ1n) is 24.9. The second kappa shape index (κ2) is 29.3. The van der Waals surface area contributed by atoms with Gasteiger partial charge in [-0.05, 0) is 74.0 Å². The summed E-state index contributed by atoms with van der Waals surface area (Å²) in [6, 6.07) is 11.9. The van der Waals surface area contributed by atoms with Gasteiger partial charge in [-0.3, -0.25) is 29.2 Å². The van der Waals surface area contributed by atoms with Crippen molar-refractivity contribution < 1.29 is 47.7 Å². The maximum Gasteiger partial charge on any atom is 0.315 e. The van der Waals surface area contributed by atoms with Gasteiger partial charge in [0.1, 0.15) is 36.0 Å². The fraction of sp³-hybridized carbons (Fsp3) is 0.460. The third-order valence-corrected chi connectivity index (χ3v) is 14.3. The Balaban J connectivity index is 0.802. The van der Waals surface area contributed by atoms with Crippen LogP contribution >= 0.6 is 23.4 Å². The van der Waals surface area contributed by atoms with E-state index < -0.39 is 30.3 Å². The number of ketones is 1. The number of aliphatic imine (C=N–C) groups is 1. The van der Waals surface area contributed by atoms with Gasteiger partial charge in [-0.2, -0.15) is 11.8 Å². The Morgan fingerprint density at radius 3 is 2.54 bits per heavy atom. The summed E-state index contributed by atoms with van der Waals surface area (Å²) in [4.78, 5) is 75.5. The van der Waals surface area contributed by atoms with Crippen LogP contribution in [0.2, 0.25) is 5.02 Å². The smallest absolute Gasteiger partial charge is 0.315 e. The number of hydrogen-bond donors (Lipinski definition) is 7. The molecule has 0 radical (unpaired) electrons. The zero-order valence-electron chi connectivity index (χ0n) is 41.5. The number of ether oxygens (including phenoxy) is 3. The lowest BCUT2D eigenvalue weighted by Gasteiger charge is -2.28. The van der Waals surface area contributed by atoms with Crippen molar-refractivity contribution in [2.75, 3.05) is 58.5 Å². The molecular weight excluding hydrogens is 1030 g/mol. The van der Waals surface area contributed by atoms with Gasteiger partial charge in [-0.25, -0.2) is 13.9 Å². The Morgan fingerprint density at radius 1 is 0.961 bits per heavy atom. The van der Waals surface area contributed by atoms with Crippen molar-refractivity contribution in [2.45, 2.75) is 87.5 Å². The van der Waals surface area contributed by atoms with Crippen molar-refractivity contribution >= 4 is 64.4 Å². The van der Waals surface area contributed by atoms with Crippen LogP contribution in [0.25, 0.3) is 10.4 Å². The van der Waals surface area contributed by atoms with Gasteiger partial charge in [-0.1, -0.05) is 46.5 Å². The first-order chi connectivity index (χ1) is 37.0. The van der Waals surface area contributed by atoms with Crippen molar-refractivity contribution in [1.82, 2.24) is 51.9 Å². The number of thioether (sulfide) groups is 1. The fourth-order valence-corrected chi connectivity index (χ4v) is 10.5. The molecule has 2 aromatic carbocycles. The highest BCUT2D eigenvalue weighted by atomic mass is 35.5. The molecule has 2 saturated heterocycles. The summed E-state index contributed by atoms with van der Waals surface area (Å²) < 4.78 is 33.0. The van der Waals surface area contributed by atoms with Crippen molar-refractivity contribution in [2.24, 2.45) is 10.1 Å². The number of azide groups is 1. The van der Waals surface area contributed by atoms with Crippen LogP contribution in [-0.4, -0.2) is 142 Å². The van der Waals surface area contributed by atoms with E-state index in [0.717, 1.165) is 24.7 Å². The molecule has 7 N–H and O–H groups in total. The number of hydrogen-bond acceptors (Lipinski definition) is 16. The minimum atomic E-state index is -0.968. The minimum Gasteiger partial charge on any atom is -0.388 e. The zero-order valence-corrected chi connectivity index (χ0v) is 43.1. The molecule has 2 aromatic heterocycles. The molecule has 23 nitrogen and oxygen atoms in total. The van der Waals surface area contributed by atoms with Gasteiger partial charge in [0, 0.05) is 80.8 Å². The number of Topliss-reactive ketones (excluding diaryl/α,β-unsaturated/α-hetero) is 1. The third-order valence-electron chi connectivity index (χ3n) is 12.5. The molecule has 1 unspecified atom stereocenters. The summed E-state index contributed by atoms with van der Waals surface area (Å²) in [5.41, 5.74) is 11.4. The van der Waals surface area contributed by atoms with E-state index in [0.29, 0.717) is 85.0 Å². The highest BCUT2D eigenvalue weighted by Crippen LogP contribution is 2.37. The Morgan fingerprint density at radius 2 is 1.76 bits per heavy atom. The van der Waals surface area contributed by atoms with Gasteiger partial charge in [0.15, 0.2) is 5.78 Å². The highest BCUT2D eigenvalue weighted by Gasteiger charge is 2.42. The number of rotatable bonds is 31. The minimum absolute atomic E-state index is 0.0234. The molecule has 5 amide bonds. The van der Waals surface area contributed by atoms with E-state index in [4.69, 9.17) is 36.3 Å². The summed E-state index contributed by atoms with van der Waals surface area (Å²) in [6.07, 6.45) is 8.89. The van der Waals surface area contributed by atoms with Gasteiger partial charge in [0.2, 0.25) is 11.8 Å². The van der Waals surface area contributed by atoms with E-state index in [1.165, 1.54) is 12.1 Å². The molecule has 7 rings (SSSR count). The molecule has 404 valence electrons. The van der Waals surface area contributed by atoms with Gasteiger partial charge in [0.25, 0.3) is 5.91 Å². The van der Waals surface area contributed by atoms with E-state index in [1.807, 2.05) is 11.8 Å². The number of halogens is 2. The lowest BCUT2D eigenvalue weighted by molar-refractivity contribution is -0.129. The number of nitrogens with zero attached hydrogens (tertiary/aromatic N) is 8. The predicted octanol–water partition coefficient (Wildman–Crippen LogP) is 4.49. The van der Waals surface area contributed by atoms with Crippen LogP contribution in [0.15, 0.2) is 94.6 Å². The normalized spacial score (nSPS) is 18.1. The molecule has 0 spiro atoms. The molecule has 3 aliphatic rings. The van der Waals surface area contributed by atoms with E-state index in [-0.39, 0.29) is 97.7 Å². The number of amides is 5. The van der Waals surface area contributed by atoms with Crippen molar-refractivity contribution in [3.05, 3.63) is 128 Å². The van der Waals surface area contributed by atoms with Crippen LogP contribution in [0.5, 0.6) is 0 Å². The molecule has 2 fully saturated rings. The number of fused-ring (bicyclic) bond motifs is 1. The Bertz CT molecular complexity index is 2750. The molecule has 4 aromatic rings. The number of benzene rings is 2. The Kier molecular flexibility index (Phi) is 21.9. The summed E-state index contributed by atoms with van der Waals surface area (Å²) in [6.45, 7) is 1.07. The summed E-state index contributed by atoms with van der Waals surface area (Å²) >= 11 is 8.27. The number of nitrogens with one attached hydrogen (secondary N) is 6. The molecular formula is C50H60ClFN14O9S. The number of carbonyl (C=O) groups is 5. The molecule has 26 heteroatoms. The third kappa shape index (κ3) is 16.8. The van der Waals surface area contributed by atoms with E-state index in [9.17, 15) is 33.5 Å². The number of aliphatic hydroxyl groups excluding tert-OH is 1. The molecule has 5 atom stereocenters. The molecule has 76 heavy (non-hydrogen) atoms. The molecule has 0 aliphatic carbocycles. The molecule has 5 heterocycles. The van der Waals surface area contributed by atoms with Crippen LogP contribution < -0.4 is 31.9 Å². The second-order valence-electron chi connectivity index (χ2n) is 17.8. The van der Waals surface area contributed by atoms with Crippen LogP contribution in [-0.2, 0) is 41.7 Å². The van der Waals surface area contributed by atoms with Gasteiger partial charge in [-0.15, -0.1) is 5.10 Å². The predicted molar refractivity (Wildman–Crippen MR) is 279 cm³/mol. The lowest BCUT2D eigenvalue weighted by Crippen LogP contribution is -2.47. The maximum atomic E-state index is 14.0. The van der Waals surface area contributed by atoms with Gasteiger partial charge < -0.3 is 51.2 Å². The topological polar surface area (TPSA) is 310 Å². The van der Waals surface area contributed by atoms with Crippen LogP contribution in [0, 0.1) is 5.82 Å². The summed E-state index contributed by atoms with van der Waals surface area (Å²) in [7, 11) is 0. The average molecular weight is 1090 g/mol. The highest BCUT2D eigenvalue weighted by molar-refractivity contribution is 8.00. The molecule has 3 aliphatic heterocycles. The van der Waals surface area contributed by atoms with E-state index >= 15 is 0 Å². The molecule has 0 saturated carbocycles. The number of aromatic nitrogens is 4. The van der Waals surface area contributed by atoms with Gasteiger partial charge >= 0.3 is 6.03 Å². The van der Waals surface area contributed by atoms with Crippen molar-refractivity contribution in [3.8, 4) is 0 Å². The van der Waals surface area contributed by atoms with Crippen molar-refractivity contribution in [3.63, 3.8) is 0 Å². The number of urea groups is 1. The Labute approximate surface area is 446 Å². The summed E-state index contributed by atoms with van der Waals surface area (Å²) in [5.74, 6) is -0.772. The SMILES string of the molecule is [N-]=[N+]=Nc1ccc(C(=O)NCCCC[C@@H](NC(=O)CCCC[C@@H]2SC[C@@H]3NC(=O)N[C@@H]32)C(=O)NCCOCCOCCn2cc(COCC3=C(C(=O)CO)C(c4ccc(F)cc4Cl)N=C(c4ccncc4)N3)nn2)cc1. The standard InChI is InChI=1S/C50H60ClFN14O9S/c51-37-25-33(52)10-13-36(37)45-44(41(68)27-67)39(58-47(60-45)31-14-17-54-18-15-31)29-75-28-35-26-66(65-63-35)20-22-74-24-23-73-21-19-56-49(71)38(5-3-4-16-55-48(70)32-8-11-34(12-9-32)62-64-53)57-43(69)7-2-1-6-42-46-40(30-76-42)59-50(72)61-46/h8-15,17-18,25-26,38,40,42,45-46,67H,1-7,16,19-24,27-30H2,(H,55,70)(H,56,71)(H,57,69)(H,58,60)(H2,59,61,72)/t38-,40+,42+,45?,46+/m1/s1. The van der Waals surface area contributed by atoms with E-state index in [1.54, 1.807) is 59.7 Å². The van der Waals surface area contributed by atoms with Crippen LogP contribution in [0.4, 0.5) is 14.9 Å². The van der Waals surface area contributed by atoms with Gasteiger partial charge in [0.05, 0.1) is 70.2 Å². The first-order valence-corrected chi connectivity index (χ1v) is 26.3. The second-order valence-corrected chi connectivity index (χ2v) is 19.5. The first kappa shape index (κ1) is 56.7. The molecule has 0 bridgehead atoms. The quantitative estimate of drug-likeness (QED) is 0.0120. The maximum absolute atomic E-state index is 14.0. The lowest BCUT2D eigenvalue weighted by atomic mass is 9.92. The zero-order chi connectivity index (χ0) is 53.7. The van der Waals surface area contributed by atoms with E-state index in [2.05, 4.69) is 57.2 Å². The van der Waals surface area contributed by atoms with Crippen LogP contribution in [0.3, 0.4) is 0 Å². The number of unbranched alkanes of at least 4 members (excludes halogenated alkanes) is 2. The number of amidine groups is 1. The number of pyridine rings is 1. The number of carbonyl (C=O) groups excluding carboxylic acids is 5. The largest absolute Gasteiger partial charge is 0.388 e.